The standard InChI is InChI=1S/C16H18N2O/c1-12-6-8-13(9-7-12)10-16(19)18(2)15-5-3-4-14(17)11-15/h3-9,11H,10,17H2,1-2H3. The van der Waals surface area contributed by atoms with Crippen molar-refractivity contribution >= 4 is 17.3 Å². The summed E-state index contributed by atoms with van der Waals surface area (Å²) >= 11 is 0. The van der Waals surface area contributed by atoms with E-state index < -0.39 is 0 Å². The highest BCUT2D eigenvalue weighted by Crippen LogP contribution is 2.17. The molecule has 0 aliphatic heterocycles. The van der Waals surface area contributed by atoms with E-state index in [-0.39, 0.29) is 5.91 Å². The lowest BCUT2D eigenvalue weighted by Crippen LogP contribution is -2.27. The number of carbonyl (C=O) groups is 1. The van der Waals surface area contributed by atoms with Crippen LogP contribution in [-0.2, 0) is 11.2 Å². The topological polar surface area (TPSA) is 46.3 Å². The molecule has 2 rings (SSSR count). The van der Waals surface area contributed by atoms with E-state index in [1.165, 1.54) is 5.56 Å². The molecule has 0 aromatic heterocycles. The number of likely N-dealkylation sites (N-methyl/N-ethyl adjacent to an activating group) is 1. The van der Waals surface area contributed by atoms with Gasteiger partial charge in [-0.05, 0) is 30.7 Å². The van der Waals surface area contributed by atoms with Gasteiger partial charge in [-0.25, -0.2) is 0 Å². The maximum absolute atomic E-state index is 12.2. The van der Waals surface area contributed by atoms with Gasteiger partial charge < -0.3 is 10.6 Å². The summed E-state index contributed by atoms with van der Waals surface area (Å²) in [4.78, 5) is 13.8. The third kappa shape index (κ3) is 3.35. The Labute approximate surface area is 113 Å². The third-order valence-corrected chi connectivity index (χ3v) is 3.11. The van der Waals surface area contributed by atoms with E-state index in [4.69, 9.17) is 5.73 Å². The third-order valence-electron chi connectivity index (χ3n) is 3.11. The molecule has 2 aromatic rings. The molecule has 0 saturated heterocycles. The first kappa shape index (κ1) is 13.1. The summed E-state index contributed by atoms with van der Waals surface area (Å²) in [6.07, 6.45) is 0.394. The van der Waals surface area contributed by atoms with E-state index in [1.807, 2.05) is 49.4 Å². The summed E-state index contributed by atoms with van der Waals surface area (Å²) in [5.74, 6) is 0.0504. The van der Waals surface area contributed by atoms with Crippen LogP contribution in [0.25, 0.3) is 0 Å². The summed E-state index contributed by atoms with van der Waals surface area (Å²) in [6.45, 7) is 2.03. The molecule has 2 N–H and O–H groups in total. The lowest BCUT2D eigenvalue weighted by Gasteiger charge is -2.17. The minimum atomic E-state index is 0.0504. The number of hydrogen-bond donors (Lipinski definition) is 1. The van der Waals surface area contributed by atoms with Crippen LogP contribution in [0.1, 0.15) is 11.1 Å². The summed E-state index contributed by atoms with van der Waals surface area (Å²) in [5, 5.41) is 0. The molecule has 0 atom stereocenters. The molecule has 3 nitrogen and oxygen atoms in total. The molecule has 0 aliphatic carbocycles. The highest BCUT2D eigenvalue weighted by Gasteiger charge is 2.11. The van der Waals surface area contributed by atoms with Gasteiger partial charge in [0, 0.05) is 18.4 Å². The van der Waals surface area contributed by atoms with E-state index in [0.29, 0.717) is 12.1 Å². The van der Waals surface area contributed by atoms with Gasteiger partial charge in [-0.1, -0.05) is 35.9 Å². The van der Waals surface area contributed by atoms with Crippen molar-refractivity contribution in [3.05, 3.63) is 59.7 Å². The van der Waals surface area contributed by atoms with E-state index in [1.54, 1.807) is 18.0 Å². The second-order valence-corrected chi connectivity index (χ2v) is 4.71. The molecule has 0 bridgehead atoms. The van der Waals surface area contributed by atoms with E-state index in [0.717, 1.165) is 11.3 Å². The van der Waals surface area contributed by atoms with Gasteiger partial charge in [-0.3, -0.25) is 4.79 Å². The number of nitrogen functional groups attached to an aromatic ring is 1. The van der Waals surface area contributed by atoms with Crippen molar-refractivity contribution in [3.63, 3.8) is 0 Å². The normalized spacial score (nSPS) is 10.2. The first-order chi connectivity index (χ1) is 9.06. The van der Waals surface area contributed by atoms with Gasteiger partial charge in [0.2, 0.25) is 5.91 Å². The summed E-state index contributed by atoms with van der Waals surface area (Å²) in [7, 11) is 1.77. The Morgan fingerprint density at radius 3 is 2.47 bits per heavy atom. The minimum Gasteiger partial charge on any atom is -0.399 e. The first-order valence-electron chi connectivity index (χ1n) is 6.24. The number of aryl methyl sites for hydroxylation is 1. The smallest absolute Gasteiger partial charge is 0.231 e. The van der Waals surface area contributed by atoms with Crippen molar-refractivity contribution in [1.29, 1.82) is 0 Å². The van der Waals surface area contributed by atoms with Crippen LogP contribution >= 0.6 is 0 Å². The lowest BCUT2D eigenvalue weighted by atomic mass is 10.1. The van der Waals surface area contributed by atoms with Crippen LogP contribution in [0.4, 0.5) is 11.4 Å². The van der Waals surface area contributed by atoms with E-state index in [2.05, 4.69) is 0 Å². The zero-order chi connectivity index (χ0) is 13.8. The molecule has 0 fully saturated rings. The lowest BCUT2D eigenvalue weighted by molar-refractivity contribution is -0.117. The predicted molar refractivity (Wildman–Crippen MR) is 79.1 cm³/mol. The van der Waals surface area contributed by atoms with Crippen LogP contribution in [0.5, 0.6) is 0 Å². The number of hydrogen-bond acceptors (Lipinski definition) is 2. The molecule has 98 valence electrons. The molecule has 2 aromatic carbocycles. The van der Waals surface area contributed by atoms with Crippen LogP contribution in [0.15, 0.2) is 48.5 Å². The Kier molecular flexibility index (Phi) is 3.85. The van der Waals surface area contributed by atoms with E-state index in [9.17, 15) is 4.79 Å². The van der Waals surface area contributed by atoms with Crippen molar-refractivity contribution in [1.82, 2.24) is 0 Å². The fourth-order valence-corrected chi connectivity index (χ4v) is 1.88. The predicted octanol–water partition coefficient (Wildman–Crippen LogP) is 2.78. The number of rotatable bonds is 3. The quantitative estimate of drug-likeness (QED) is 0.856. The SMILES string of the molecule is Cc1ccc(CC(=O)N(C)c2cccc(N)c2)cc1. The fraction of sp³-hybridized carbons (Fsp3) is 0.188. The summed E-state index contributed by atoms with van der Waals surface area (Å²) < 4.78 is 0. The Balaban J connectivity index is 2.09. The van der Waals surface area contributed by atoms with E-state index >= 15 is 0 Å². The molecular formula is C16H18N2O. The van der Waals surface area contributed by atoms with Gasteiger partial charge in [0.15, 0.2) is 0 Å². The highest BCUT2D eigenvalue weighted by molar-refractivity contribution is 5.94. The van der Waals surface area contributed by atoms with Gasteiger partial charge in [-0.2, -0.15) is 0 Å². The maximum Gasteiger partial charge on any atom is 0.231 e. The molecule has 0 unspecified atom stereocenters. The number of carbonyl (C=O) groups excluding carboxylic acids is 1. The molecule has 0 spiro atoms. The summed E-state index contributed by atoms with van der Waals surface area (Å²) in [6, 6.07) is 15.3. The molecular weight excluding hydrogens is 236 g/mol. The van der Waals surface area contributed by atoms with Crippen LogP contribution in [0, 0.1) is 6.92 Å². The van der Waals surface area contributed by atoms with Crippen molar-refractivity contribution in [3.8, 4) is 0 Å². The monoisotopic (exact) mass is 254 g/mol. The maximum atomic E-state index is 12.2. The number of nitrogens with two attached hydrogens (primary N) is 1. The van der Waals surface area contributed by atoms with Gasteiger partial charge in [0.05, 0.1) is 6.42 Å². The van der Waals surface area contributed by atoms with Crippen molar-refractivity contribution in [2.45, 2.75) is 13.3 Å². The van der Waals surface area contributed by atoms with Crippen molar-refractivity contribution in [2.75, 3.05) is 17.7 Å². The number of nitrogens with zero attached hydrogens (tertiary/aromatic N) is 1. The fourth-order valence-electron chi connectivity index (χ4n) is 1.88. The number of amides is 1. The number of benzene rings is 2. The highest BCUT2D eigenvalue weighted by atomic mass is 16.2. The minimum absolute atomic E-state index is 0.0504. The van der Waals surface area contributed by atoms with Crippen LogP contribution in [0.2, 0.25) is 0 Å². The molecule has 0 heterocycles. The van der Waals surface area contributed by atoms with Gasteiger partial charge in [-0.15, -0.1) is 0 Å². The Hall–Kier alpha value is -2.29. The second kappa shape index (κ2) is 5.57. The molecule has 0 radical (unpaired) electrons. The molecule has 0 aliphatic rings. The van der Waals surface area contributed by atoms with Gasteiger partial charge >= 0.3 is 0 Å². The van der Waals surface area contributed by atoms with Crippen LogP contribution < -0.4 is 10.6 Å². The molecule has 19 heavy (non-hydrogen) atoms. The first-order valence-corrected chi connectivity index (χ1v) is 6.24. The Bertz CT molecular complexity index is 576. The van der Waals surface area contributed by atoms with Crippen LogP contribution in [-0.4, -0.2) is 13.0 Å². The zero-order valence-electron chi connectivity index (χ0n) is 11.3. The Morgan fingerprint density at radius 2 is 1.84 bits per heavy atom. The average Bonchev–Trinajstić information content (AvgIpc) is 2.40. The molecule has 0 saturated carbocycles. The van der Waals surface area contributed by atoms with Gasteiger partial charge in [0.25, 0.3) is 0 Å². The molecule has 1 amide bonds. The largest absolute Gasteiger partial charge is 0.399 e. The summed E-state index contributed by atoms with van der Waals surface area (Å²) in [5.41, 5.74) is 9.42. The van der Waals surface area contributed by atoms with Crippen molar-refractivity contribution < 1.29 is 4.79 Å². The second-order valence-electron chi connectivity index (χ2n) is 4.71. The van der Waals surface area contributed by atoms with Crippen LogP contribution in [0.3, 0.4) is 0 Å². The average molecular weight is 254 g/mol. The molecule has 3 heteroatoms. The van der Waals surface area contributed by atoms with Gasteiger partial charge in [0.1, 0.15) is 0 Å². The zero-order valence-corrected chi connectivity index (χ0v) is 11.3. The number of anilines is 2. The van der Waals surface area contributed by atoms with Crippen molar-refractivity contribution in [2.24, 2.45) is 0 Å². The Morgan fingerprint density at radius 1 is 1.16 bits per heavy atom.